The van der Waals surface area contributed by atoms with E-state index >= 15 is 0 Å². The molecule has 1 N–H and O–H groups in total. The number of halogens is 2. The molecule has 4 rings (SSSR count). The molecule has 3 aromatic rings. The van der Waals surface area contributed by atoms with Crippen molar-refractivity contribution in [3.63, 3.8) is 0 Å². The monoisotopic (exact) mass is 456 g/mol. The lowest BCUT2D eigenvalue weighted by atomic mass is 10.2. The fourth-order valence-corrected chi connectivity index (χ4v) is 3.73. The molecule has 1 amide bonds. The summed E-state index contributed by atoms with van der Waals surface area (Å²) in [5.74, 6) is 0.894. The van der Waals surface area contributed by atoms with Crippen molar-refractivity contribution in [2.45, 2.75) is 6.54 Å². The molecule has 1 aromatic heterocycles. The second kappa shape index (κ2) is 10.2. The first-order valence-electron chi connectivity index (χ1n) is 10.0. The van der Waals surface area contributed by atoms with Crippen molar-refractivity contribution >= 4 is 40.9 Å². The minimum atomic E-state index is -0.236. The number of anilines is 1. The lowest BCUT2D eigenvalue weighted by Gasteiger charge is -2.26. The van der Waals surface area contributed by atoms with Gasteiger partial charge in [-0.15, -0.1) is 0 Å². The van der Waals surface area contributed by atoms with Crippen molar-refractivity contribution in [2.24, 2.45) is 0 Å². The predicted molar refractivity (Wildman–Crippen MR) is 124 cm³/mol. The Bertz CT molecular complexity index is 1070. The summed E-state index contributed by atoms with van der Waals surface area (Å²) in [5.41, 5.74) is 2.65. The standard InChI is InChI=1S/C24H22Cl2N2O3/c25-21-3-1-2-20(24(21)26)22-10-8-19(31-22)9-11-23(29)27-18-6-4-17(5-7-18)16-28-12-14-30-15-13-28/h1-11H,12-16H2,(H,27,29). The highest BCUT2D eigenvalue weighted by Gasteiger charge is 2.11. The topological polar surface area (TPSA) is 54.7 Å². The summed E-state index contributed by atoms with van der Waals surface area (Å²) >= 11 is 12.3. The van der Waals surface area contributed by atoms with E-state index in [0.717, 1.165) is 38.5 Å². The Hall–Kier alpha value is -2.57. The van der Waals surface area contributed by atoms with Crippen molar-refractivity contribution in [3.05, 3.63) is 82.0 Å². The van der Waals surface area contributed by atoms with Crippen LogP contribution in [0.1, 0.15) is 11.3 Å². The quantitative estimate of drug-likeness (QED) is 0.480. The van der Waals surface area contributed by atoms with Crippen LogP contribution in [0.25, 0.3) is 17.4 Å². The first-order chi connectivity index (χ1) is 15.1. The molecule has 1 aliphatic heterocycles. The third kappa shape index (κ3) is 5.77. The number of nitrogens with zero attached hydrogens (tertiary/aromatic N) is 1. The zero-order valence-electron chi connectivity index (χ0n) is 16.8. The van der Waals surface area contributed by atoms with E-state index in [1.807, 2.05) is 30.3 Å². The van der Waals surface area contributed by atoms with Crippen molar-refractivity contribution in [1.29, 1.82) is 0 Å². The van der Waals surface area contributed by atoms with Crippen molar-refractivity contribution in [2.75, 3.05) is 31.6 Å². The van der Waals surface area contributed by atoms with Gasteiger partial charge in [-0.2, -0.15) is 0 Å². The van der Waals surface area contributed by atoms with Crippen LogP contribution >= 0.6 is 23.2 Å². The molecule has 31 heavy (non-hydrogen) atoms. The molecule has 0 atom stereocenters. The molecule has 0 radical (unpaired) electrons. The third-order valence-corrected chi connectivity index (χ3v) is 5.79. The van der Waals surface area contributed by atoms with Crippen LogP contribution in [0, 0.1) is 0 Å². The summed E-state index contributed by atoms with van der Waals surface area (Å²) in [6.07, 6.45) is 3.05. The molecule has 2 aromatic carbocycles. The van der Waals surface area contributed by atoms with Gasteiger partial charge in [0.25, 0.3) is 0 Å². The molecule has 0 spiro atoms. The zero-order valence-corrected chi connectivity index (χ0v) is 18.3. The minimum Gasteiger partial charge on any atom is -0.457 e. The highest BCUT2D eigenvalue weighted by Crippen LogP contribution is 2.34. The predicted octanol–water partition coefficient (Wildman–Crippen LogP) is 5.74. The molecule has 7 heteroatoms. The highest BCUT2D eigenvalue weighted by atomic mass is 35.5. The van der Waals surface area contributed by atoms with Gasteiger partial charge in [-0.3, -0.25) is 9.69 Å². The van der Waals surface area contributed by atoms with Crippen LogP contribution in [0.5, 0.6) is 0 Å². The van der Waals surface area contributed by atoms with Gasteiger partial charge in [0.05, 0.1) is 23.3 Å². The minimum absolute atomic E-state index is 0.236. The van der Waals surface area contributed by atoms with Crippen LogP contribution in [0.3, 0.4) is 0 Å². The summed E-state index contributed by atoms with van der Waals surface area (Å²) in [4.78, 5) is 14.6. The first kappa shape index (κ1) is 21.7. The van der Waals surface area contributed by atoms with E-state index < -0.39 is 0 Å². The van der Waals surface area contributed by atoms with Gasteiger partial charge >= 0.3 is 0 Å². The number of benzene rings is 2. The van der Waals surface area contributed by atoms with E-state index in [1.54, 1.807) is 30.3 Å². The number of furan rings is 1. The lowest BCUT2D eigenvalue weighted by Crippen LogP contribution is -2.35. The summed E-state index contributed by atoms with van der Waals surface area (Å²) in [5, 5.41) is 3.75. The van der Waals surface area contributed by atoms with E-state index in [9.17, 15) is 4.79 Å². The average Bonchev–Trinajstić information content (AvgIpc) is 3.25. The van der Waals surface area contributed by atoms with Crippen LogP contribution in [0.2, 0.25) is 10.0 Å². The number of nitrogens with one attached hydrogen (secondary N) is 1. The maximum Gasteiger partial charge on any atom is 0.248 e. The number of ether oxygens (including phenoxy) is 1. The normalized spacial score (nSPS) is 14.8. The third-order valence-electron chi connectivity index (χ3n) is 4.97. The number of carbonyl (C=O) groups is 1. The van der Waals surface area contributed by atoms with Crippen molar-refractivity contribution in [3.8, 4) is 11.3 Å². The summed E-state index contributed by atoms with van der Waals surface area (Å²) in [7, 11) is 0. The van der Waals surface area contributed by atoms with E-state index in [0.29, 0.717) is 27.1 Å². The molecule has 1 fully saturated rings. The smallest absolute Gasteiger partial charge is 0.248 e. The molecular weight excluding hydrogens is 435 g/mol. The number of morpholine rings is 1. The Morgan fingerprint density at radius 1 is 1.03 bits per heavy atom. The van der Waals surface area contributed by atoms with Crippen LogP contribution < -0.4 is 5.32 Å². The van der Waals surface area contributed by atoms with Crippen LogP contribution in [-0.4, -0.2) is 37.1 Å². The van der Waals surface area contributed by atoms with E-state index in [-0.39, 0.29) is 5.91 Å². The maximum atomic E-state index is 12.3. The fraction of sp³-hybridized carbons (Fsp3) is 0.208. The Labute approximate surface area is 191 Å². The van der Waals surface area contributed by atoms with Gasteiger partial charge in [-0.25, -0.2) is 0 Å². The molecule has 2 heterocycles. The van der Waals surface area contributed by atoms with Gasteiger partial charge in [-0.1, -0.05) is 41.4 Å². The molecule has 0 saturated carbocycles. The Morgan fingerprint density at radius 2 is 1.81 bits per heavy atom. The van der Waals surface area contributed by atoms with Gasteiger partial charge in [0.1, 0.15) is 11.5 Å². The van der Waals surface area contributed by atoms with Crippen molar-refractivity contribution in [1.82, 2.24) is 4.90 Å². The zero-order chi connectivity index (χ0) is 21.6. The molecule has 0 bridgehead atoms. The van der Waals surface area contributed by atoms with Crippen LogP contribution in [0.15, 0.2) is 65.1 Å². The van der Waals surface area contributed by atoms with Crippen LogP contribution in [-0.2, 0) is 16.1 Å². The molecule has 5 nitrogen and oxygen atoms in total. The summed E-state index contributed by atoms with van der Waals surface area (Å²) in [6.45, 7) is 4.34. The summed E-state index contributed by atoms with van der Waals surface area (Å²) in [6, 6.07) is 16.8. The number of rotatable bonds is 6. The average molecular weight is 457 g/mol. The van der Waals surface area contributed by atoms with Crippen LogP contribution in [0.4, 0.5) is 5.69 Å². The first-order valence-corrected chi connectivity index (χ1v) is 10.8. The number of carbonyl (C=O) groups excluding carboxylic acids is 1. The van der Waals surface area contributed by atoms with Crippen molar-refractivity contribution < 1.29 is 13.9 Å². The second-order valence-corrected chi connectivity index (χ2v) is 8.00. The SMILES string of the molecule is O=C(C=Cc1ccc(-c2cccc(Cl)c2Cl)o1)Nc1ccc(CN2CCOCC2)cc1. The molecule has 0 unspecified atom stereocenters. The molecule has 160 valence electrons. The maximum absolute atomic E-state index is 12.3. The van der Waals surface area contributed by atoms with Gasteiger partial charge in [-0.05, 0) is 48.0 Å². The summed E-state index contributed by atoms with van der Waals surface area (Å²) < 4.78 is 11.1. The highest BCUT2D eigenvalue weighted by molar-refractivity contribution is 6.43. The molecule has 0 aliphatic carbocycles. The van der Waals surface area contributed by atoms with Gasteiger partial charge < -0.3 is 14.5 Å². The van der Waals surface area contributed by atoms with Gasteiger partial charge in [0.2, 0.25) is 5.91 Å². The Morgan fingerprint density at radius 3 is 2.58 bits per heavy atom. The van der Waals surface area contributed by atoms with Gasteiger partial charge in [0.15, 0.2) is 0 Å². The lowest BCUT2D eigenvalue weighted by molar-refractivity contribution is -0.111. The van der Waals surface area contributed by atoms with E-state index in [2.05, 4.69) is 10.2 Å². The fourth-order valence-electron chi connectivity index (χ4n) is 3.33. The Kier molecular flexibility index (Phi) is 7.10. The molecule has 1 saturated heterocycles. The largest absolute Gasteiger partial charge is 0.457 e. The molecular formula is C24H22Cl2N2O3. The number of amides is 1. The van der Waals surface area contributed by atoms with E-state index in [4.69, 9.17) is 32.4 Å². The molecule has 1 aliphatic rings. The number of hydrogen-bond acceptors (Lipinski definition) is 4. The van der Waals surface area contributed by atoms with Gasteiger partial charge in [0, 0.05) is 37.0 Å². The second-order valence-electron chi connectivity index (χ2n) is 7.21. The van der Waals surface area contributed by atoms with E-state index in [1.165, 1.54) is 11.6 Å². The number of hydrogen-bond donors (Lipinski definition) is 1. The Balaban J connectivity index is 1.33.